The van der Waals surface area contributed by atoms with Crippen LogP contribution in [-0.4, -0.2) is 21.5 Å². The van der Waals surface area contributed by atoms with Crippen LogP contribution in [0.25, 0.3) is 0 Å². The van der Waals surface area contributed by atoms with E-state index in [2.05, 4.69) is 4.90 Å². The fraction of sp³-hybridized carbons (Fsp3) is 0.500. The summed E-state index contributed by atoms with van der Waals surface area (Å²) >= 11 is 0. The largest absolute Gasteiger partial charge is 0.396 e. The summed E-state index contributed by atoms with van der Waals surface area (Å²) in [6.07, 6.45) is 4.67. The summed E-state index contributed by atoms with van der Waals surface area (Å²) in [5.74, 6) is 0. The van der Waals surface area contributed by atoms with Gasteiger partial charge in [-0.1, -0.05) is 18.9 Å². The van der Waals surface area contributed by atoms with Gasteiger partial charge in [0.15, 0.2) is 0 Å². The van der Waals surface area contributed by atoms with Gasteiger partial charge in [0.05, 0.1) is 11.4 Å². The molecule has 0 heterocycles. The maximum atomic E-state index is 11.4. The number of nitrogens with two attached hydrogens (primary N) is 2. The van der Waals surface area contributed by atoms with E-state index in [1.165, 1.54) is 18.9 Å². The molecule has 0 radical (unpaired) electrons. The normalized spacial score (nSPS) is 17.0. The van der Waals surface area contributed by atoms with Gasteiger partial charge in [-0.2, -0.15) is 0 Å². The van der Waals surface area contributed by atoms with Gasteiger partial charge in [-0.15, -0.1) is 0 Å². The Morgan fingerprint density at radius 1 is 1.28 bits per heavy atom. The molecule has 100 valence electrons. The lowest BCUT2D eigenvalue weighted by Gasteiger charge is -2.28. The van der Waals surface area contributed by atoms with Crippen molar-refractivity contribution in [3.8, 4) is 0 Å². The van der Waals surface area contributed by atoms with Gasteiger partial charge in [-0.3, -0.25) is 0 Å². The van der Waals surface area contributed by atoms with Crippen molar-refractivity contribution in [3.05, 3.63) is 18.2 Å². The molecule has 1 aliphatic rings. The molecule has 18 heavy (non-hydrogen) atoms. The lowest BCUT2D eigenvalue weighted by Crippen LogP contribution is -2.30. The predicted octanol–water partition coefficient (Wildman–Crippen LogP) is 1.29. The van der Waals surface area contributed by atoms with Crippen molar-refractivity contribution in [2.45, 2.75) is 36.6 Å². The van der Waals surface area contributed by atoms with Gasteiger partial charge in [0.1, 0.15) is 4.90 Å². The van der Waals surface area contributed by atoms with E-state index in [4.69, 9.17) is 10.9 Å². The third-order valence-corrected chi connectivity index (χ3v) is 4.57. The highest BCUT2D eigenvalue weighted by Gasteiger charge is 2.23. The standard InChI is InChI=1S/C12H19N3O2S/c1-15(9-5-2-3-6-9)10-7-4-8-11(12(10)13)18(14,16)17/h4,7-9H,2-3,5-6,13H2,1H3,(H2,14,16,17). The van der Waals surface area contributed by atoms with E-state index in [9.17, 15) is 8.42 Å². The third-order valence-electron chi connectivity index (χ3n) is 3.60. The first-order valence-corrected chi connectivity index (χ1v) is 7.60. The maximum Gasteiger partial charge on any atom is 0.240 e. The van der Waals surface area contributed by atoms with E-state index in [1.807, 2.05) is 13.1 Å². The number of rotatable bonds is 3. The SMILES string of the molecule is CN(c1cccc(S(N)(=O)=O)c1N)C1CCCC1. The summed E-state index contributed by atoms with van der Waals surface area (Å²) in [6.45, 7) is 0. The molecule has 1 aliphatic carbocycles. The van der Waals surface area contributed by atoms with Crippen molar-refractivity contribution in [2.75, 3.05) is 17.7 Å². The molecule has 1 saturated carbocycles. The molecular formula is C12H19N3O2S. The van der Waals surface area contributed by atoms with Crippen LogP contribution in [-0.2, 0) is 10.0 Å². The molecule has 0 bridgehead atoms. The molecule has 4 N–H and O–H groups in total. The van der Waals surface area contributed by atoms with E-state index < -0.39 is 10.0 Å². The fourth-order valence-electron chi connectivity index (χ4n) is 2.58. The van der Waals surface area contributed by atoms with Crippen LogP contribution in [0.15, 0.2) is 23.1 Å². The minimum absolute atomic E-state index is 0.00449. The van der Waals surface area contributed by atoms with Crippen molar-refractivity contribution in [1.82, 2.24) is 0 Å². The molecular weight excluding hydrogens is 250 g/mol. The molecule has 2 rings (SSSR count). The number of sulfonamides is 1. The average Bonchev–Trinajstić information content (AvgIpc) is 2.80. The summed E-state index contributed by atoms with van der Waals surface area (Å²) in [5, 5.41) is 5.15. The maximum absolute atomic E-state index is 11.4. The zero-order valence-electron chi connectivity index (χ0n) is 10.5. The molecule has 1 aromatic rings. The predicted molar refractivity (Wildman–Crippen MR) is 72.9 cm³/mol. The lowest BCUT2D eigenvalue weighted by atomic mass is 10.1. The van der Waals surface area contributed by atoms with E-state index in [1.54, 1.807) is 6.07 Å². The highest BCUT2D eigenvalue weighted by molar-refractivity contribution is 7.89. The van der Waals surface area contributed by atoms with Crippen molar-refractivity contribution in [3.63, 3.8) is 0 Å². The van der Waals surface area contributed by atoms with Crippen LogP contribution in [0.5, 0.6) is 0 Å². The Hall–Kier alpha value is -1.27. The highest BCUT2D eigenvalue weighted by atomic mass is 32.2. The molecule has 0 unspecified atom stereocenters. The summed E-state index contributed by atoms with van der Waals surface area (Å²) < 4.78 is 22.9. The number of primary sulfonamides is 1. The first-order valence-electron chi connectivity index (χ1n) is 6.05. The van der Waals surface area contributed by atoms with E-state index in [-0.39, 0.29) is 10.6 Å². The molecule has 0 aliphatic heterocycles. The van der Waals surface area contributed by atoms with Crippen molar-refractivity contribution >= 4 is 21.4 Å². The first kappa shape index (κ1) is 13.2. The summed E-state index contributed by atoms with van der Waals surface area (Å²) in [7, 11) is -1.81. The molecule has 0 aromatic heterocycles. The summed E-state index contributed by atoms with van der Waals surface area (Å²) in [5.41, 5.74) is 6.93. The Balaban J connectivity index is 2.39. The van der Waals surface area contributed by atoms with Gasteiger partial charge < -0.3 is 10.6 Å². The van der Waals surface area contributed by atoms with Crippen molar-refractivity contribution in [1.29, 1.82) is 0 Å². The fourth-order valence-corrected chi connectivity index (χ4v) is 3.26. The van der Waals surface area contributed by atoms with Crippen LogP contribution >= 0.6 is 0 Å². The Kier molecular flexibility index (Phi) is 3.49. The summed E-state index contributed by atoms with van der Waals surface area (Å²) in [6, 6.07) is 5.39. The second kappa shape index (κ2) is 4.78. The molecule has 0 atom stereocenters. The number of anilines is 2. The number of benzene rings is 1. The Morgan fingerprint density at radius 2 is 1.89 bits per heavy atom. The van der Waals surface area contributed by atoms with E-state index >= 15 is 0 Å². The Bertz CT molecular complexity index is 536. The monoisotopic (exact) mass is 269 g/mol. The molecule has 5 nitrogen and oxygen atoms in total. The third kappa shape index (κ3) is 2.44. The molecule has 0 spiro atoms. The molecule has 6 heteroatoms. The van der Waals surface area contributed by atoms with Crippen molar-refractivity contribution < 1.29 is 8.42 Å². The van der Waals surface area contributed by atoms with Gasteiger partial charge in [0, 0.05) is 13.1 Å². The second-order valence-corrected chi connectivity index (χ2v) is 6.31. The van der Waals surface area contributed by atoms with Crippen LogP contribution in [0.2, 0.25) is 0 Å². The van der Waals surface area contributed by atoms with Gasteiger partial charge in [0.25, 0.3) is 0 Å². The molecule has 0 saturated heterocycles. The van der Waals surface area contributed by atoms with Crippen LogP contribution in [0.3, 0.4) is 0 Å². The Morgan fingerprint density at radius 3 is 2.44 bits per heavy atom. The average molecular weight is 269 g/mol. The first-order chi connectivity index (χ1) is 8.41. The number of hydrogen-bond acceptors (Lipinski definition) is 4. The zero-order chi connectivity index (χ0) is 13.3. The van der Waals surface area contributed by atoms with E-state index in [0.717, 1.165) is 18.5 Å². The summed E-state index contributed by atoms with van der Waals surface area (Å²) in [4.78, 5) is 2.07. The minimum Gasteiger partial charge on any atom is -0.396 e. The second-order valence-electron chi connectivity index (χ2n) is 4.78. The van der Waals surface area contributed by atoms with Gasteiger partial charge in [-0.05, 0) is 25.0 Å². The quantitative estimate of drug-likeness (QED) is 0.809. The number of nitrogens with zero attached hydrogens (tertiary/aromatic N) is 1. The number of nitrogen functional groups attached to an aromatic ring is 1. The molecule has 0 amide bonds. The van der Waals surface area contributed by atoms with Crippen LogP contribution < -0.4 is 15.8 Å². The minimum atomic E-state index is -3.76. The molecule has 1 fully saturated rings. The zero-order valence-corrected chi connectivity index (χ0v) is 11.3. The topological polar surface area (TPSA) is 89.4 Å². The molecule has 1 aromatic carbocycles. The van der Waals surface area contributed by atoms with Gasteiger partial charge in [0.2, 0.25) is 10.0 Å². The lowest BCUT2D eigenvalue weighted by molar-refractivity contribution is 0.598. The van der Waals surface area contributed by atoms with Gasteiger partial charge >= 0.3 is 0 Å². The highest BCUT2D eigenvalue weighted by Crippen LogP contribution is 2.33. The Labute approximate surface area is 108 Å². The number of hydrogen-bond donors (Lipinski definition) is 2. The smallest absolute Gasteiger partial charge is 0.240 e. The van der Waals surface area contributed by atoms with Crippen LogP contribution in [0, 0.1) is 0 Å². The van der Waals surface area contributed by atoms with E-state index in [0.29, 0.717) is 6.04 Å². The number of para-hydroxylation sites is 1. The van der Waals surface area contributed by atoms with Crippen molar-refractivity contribution in [2.24, 2.45) is 5.14 Å². The van der Waals surface area contributed by atoms with Gasteiger partial charge in [-0.25, -0.2) is 13.6 Å². The van der Waals surface area contributed by atoms with Crippen LogP contribution in [0.4, 0.5) is 11.4 Å². The van der Waals surface area contributed by atoms with Crippen LogP contribution in [0.1, 0.15) is 25.7 Å².